The summed E-state index contributed by atoms with van der Waals surface area (Å²) in [5, 5.41) is 6.25. The van der Waals surface area contributed by atoms with E-state index in [0.29, 0.717) is 19.1 Å². The van der Waals surface area contributed by atoms with Gasteiger partial charge in [0, 0.05) is 18.5 Å². The zero-order valence-electron chi connectivity index (χ0n) is 13.6. The number of carbonyl (C=O) groups excluding carboxylic acids is 2. The van der Waals surface area contributed by atoms with Crippen LogP contribution < -0.4 is 10.6 Å². The highest BCUT2D eigenvalue weighted by Crippen LogP contribution is 2.25. The first-order valence-electron chi connectivity index (χ1n) is 8.49. The Kier molecular flexibility index (Phi) is 5.00. The zero-order valence-corrected chi connectivity index (χ0v) is 13.6. The first-order chi connectivity index (χ1) is 11.1. The van der Waals surface area contributed by atoms with Crippen molar-refractivity contribution >= 4 is 11.8 Å². The number of amides is 2. The van der Waals surface area contributed by atoms with E-state index in [9.17, 15) is 9.59 Å². The van der Waals surface area contributed by atoms with Gasteiger partial charge >= 0.3 is 0 Å². The second-order valence-corrected chi connectivity index (χ2v) is 6.56. The highest BCUT2D eigenvalue weighted by atomic mass is 16.3. The van der Waals surface area contributed by atoms with Crippen LogP contribution in [0.5, 0.6) is 0 Å². The van der Waals surface area contributed by atoms with Crippen LogP contribution in [0.4, 0.5) is 0 Å². The van der Waals surface area contributed by atoms with Crippen molar-refractivity contribution in [1.82, 2.24) is 15.5 Å². The second kappa shape index (κ2) is 7.17. The molecule has 1 aromatic heterocycles. The minimum Gasteiger partial charge on any atom is -0.467 e. The van der Waals surface area contributed by atoms with E-state index in [-0.39, 0.29) is 23.8 Å². The Balaban J connectivity index is 1.58. The topological polar surface area (TPSA) is 74.6 Å². The minimum absolute atomic E-state index is 0.0460. The van der Waals surface area contributed by atoms with E-state index in [1.807, 2.05) is 6.07 Å². The van der Waals surface area contributed by atoms with E-state index in [4.69, 9.17) is 4.42 Å². The molecule has 3 atom stereocenters. The van der Waals surface area contributed by atoms with Crippen molar-refractivity contribution in [2.75, 3.05) is 13.1 Å². The third kappa shape index (κ3) is 3.75. The number of nitrogens with one attached hydrogen (secondary N) is 2. The number of piperidine rings is 1. The maximum atomic E-state index is 12.8. The molecule has 1 unspecified atom stereocenters. The lowest BCUT2D eigenvalue weighted by atomic mass is 9.91. The maximum absolute atomic E-state index is 12.8. The van der Waals surface area contributed by atoms with Gasteiger partial charge in [-0.15, -0.1) is 0 Å². The van der Waals surface area contributed by atoms with Crippen LogP contribution in [0.1, 0.15) is 38.4 Å². The molecule has 2 aliphatic heterocycles. The van der Waals surface area contributed by atoms with Crippen LogP contribution in [-0.4, -0.2) is 41.9 Å². The number of likely N-dealkylation sites (tertiary alicyclic amines) is 1. The van der Waals surface area contributed by atoms with Gasteiger partial charge < -0.3 is 20.0 Å². The molecular weight excluding hydrogens is 294 g/mol. The van der Waals surface area contributed by atoms with Crippen LogP contribution in [0.2, 0.25) is 0 Å². The van der Waals surface area contributed by atoms with Gasteiger partial charge in [0.05, 0.1) is 12.8 Å². The lowest BCUT2D eigenvalue weighted by molar-refractivity contribution is -0.142. The molecule has 0 saturated carbocycles. The van der Waals surface area contributed by atoms with E-state index in [1.54, 1.807) is 17.2 Å². The van der Waals surface area contributed by atoms with Gasteiger partial charge in [0.15, 0.2) is 0 Å². The summed E-state index contributed by atoms with van der Waals surface area (Å²) in [6, 6.07) is 3.66. The van der Waals surface area contributed by atoms with E-state index in [1.165, 1.54) is 0 Å². The quantitative estimate of drug-likeness (QED) is 0.876. The molecule has 0 aromatic carbocycles. The summed E-state index contributed by atoms with van der Waals surface area (Å²) in [4.78, 5) is 27.0. The maximum Gasteiger partial charge on any atom is 0.243 e. The van der Waals surface area contributed by atoms with Crippen LogP contribution in [0, 0.1) is 5.92 Å². The van der Waals surface area contributed by atoms with Gasteiger partial charge in [-0.05, 0) is 51.3 Å². The summed E-state index contributed by atoms with van der Waals surface area (Å²) in [5.74, 6) is 0.842. The second-order valence-electron chi connectivity index (χ2n) is 6.56. The van der Waals surface area contributed by atoms with E-state index in [2.05, 4.69) is 17.6 Å². The molecule has 2 N–H and O–H groups in total. The monoisotopic (exact) mass is 319 g/mol. The highest BCUT2D eigenvalue weighted by molar-refractivity contribution is 5.89. The fourth-order valence-corrected chi connectivity index (χ4v) is 3.60. The van der Waals surface area contributed by atoms with E-state index < -0.39 is 0 Å². The van der Waals surface area contributed by atoms with Crippen molar-refractivity contribution in [3.8, 4) is 0 Å². The molecule has 0 spiro atoms. The van der Waals surface area contributed by atoms with Crippen molar-refractivity contribution in [3.05, 3.63) is 24.2 Å². The molecule has 126 valence electrons. The van der Waals surface area contributed by atoms with Crippen molar-refractivity contribution < 1.29 is 14.0 Å². The summed E-state index contributed by atoms with van der Waals surface area (Å²) in [6.07, 6.45) is 4.95. The lowest BCUT2D eigenvalue weighted by Crippen LogP contribution is -2.50. The fourth-order valence-electron chi connectivity index (χ4n) is 3.60. The van der Waals surface area contributed by atoms with Crippen molar-refractivity contribution in [2.45, 2.75) is 51.2 Å². The standard InChI is InChI=1S/C17H25N3O3/c1-12-10-13(6-7-18-12)17(22)20-8-2-5-15(20)16(21)19-11-14-4-3-9-23-14/h3-4,9,12-13,15,18H,2,5-8,10-11H2,1H3,(H,19,21)/t12-,13-,15?/m0/s1. The molecule has 2 aliphatic rings. The largest absolute Gasteiger partial charge is 0.467 e. The Morgan fingerprint density at radius 1 is 1.43 bits per heavy atom. The van der Waals surface area contributed by atoms with Crippen LogP contribution in [0.25, 0.3) is 0 Å². The van der Waals surface area contributed by atoms with Gasteiger partial charge in [-0.3, -0.25) is 9.59 Å². The molecule has 2 saturated heterocycles. The molecule has 1 aromatic rings. The molecule has 2 fully saturated rings. The Morgan fingerprint density at radius 2 is 2.30 bits per heavy atom. The van der Waals surface area contributed by atoms with Crippen molar-refractivity contribution in [2.24, 2.45) is 5.92 Å². The molecule has 0 aliphatic carbocycles. The molecule has 2 amide bonds. The smallest absolute Gasteiger partial charge is 0.243 e. The van der Waals surface area contributed by atoms with E-state index >= 15 is 0 Å². The Labute approximate surface area is 136 Å². The SMILES string of the molecule is C[C@H]1C[C@@H](C(=O)N2CCCC2C(=O)NCc2ccco2)CCN1. The number of furan rings is 1. The zero-order chi connectivity index (χ0) is 16.2. The number of carbonyl (C=O) groups is 2. The van der Waals surface area contributed by atoms with E-state index in [0.717, 1.165) is 38.0 Å². The van der Waals surface area contributed by atoms with Crippen LogP contribution >= 0.6 is 0 Å². The normalized spacial score (nSPS) is 27.9. The molecule has 6 nitrogen and oxygen atoms in total. The summed E-state index contributed by atoms with van der Waals surface area (Å²) in [6.45, 7) is 4.04. The van der Waals surface area contributed by atoms with Crippen LogP contribution in [-0.2, 0) is 16.1 Å². The Bertz CT molecular complexity index is 543. The summed E-state index contributed by atoms with van der Waals surface area (Å²) >= 11 is 0. The van der Waals surface area contributed by atoms with Crippen LogP contribution in [0.15, 0.2) is 22.8 Å². The summed E-state index contributed by atoms with van der Waals surface area (Å²) in [5.41, 5.74) is 0. The van der Waals surface area contributed by atoms with Crippen molar-refractivity contribution in [3.63, 3.8) is 0 Å². The first-order valence-corrected chi connectivity index (χ1v) is 8.49. The van der Waals surface area contributed by atoms with Gasteiger partial charge in [0.25, 0.3) is 0 Å². The average molecular weight is 319 g/mol. The summed E-state index contributed by atoms with van der Waals surface area (Å²) < 4.78 is 5.23. The fraction of sp³-hybridized carbons (Fsp3) is 0.647. The predicted octanol–water partition coefficient (Wildman–Crippen LogP) is 1.27. The van der Waals surface area contributed by atoms with Gasteiger partial charge in [-0.25, -0.2) is 0 Å². The Morgan fingerprint density at radius 3 is 3.04 bits per heavy atom. The van der Waals surface area contributed by atoms with Crippen LogP contribution in [0.3, 0.4) is 0 Å². The molecular formula is C17H25N3O3. The Hall–Kier alpha value is -1.82. The number of rotatable bonds is 4. The molecule has 6 heteroatoms. The predicted molar refractivity (Wildman–Crippen MR) is 85.5 cm³/mol. The van der Waals surface area contributed by atoms with Gasteiger partial charge in [-0.2, -0.15) is 0 Å². The summed E-state index contributed by atoms with van der Waals surface area (Å²) in [7, 11) is 0. The number of hydrogen-bond donors (Lipinski definition) is 2. The van der Waals surface area contributed by atoms with Gasteiger partial charge in [0.2, 0.25) is 11.8 Å². The third-order valence-corrected chi connectivity index (χ3v) is 4.83. The minimum atomic E-state index is -0.331. The third-order valence-electron chi connectivity index (χ3n) is 4.83. The number of nitrogens with zero attached hydrogens (tertiary/aromatic N) is 1. The van der Waals surface area contributed by atoms with Gasteiger partial charge in [0.1, 0.15) is 11.8 Å². The molecule has 3 heterocycles. The molecule has 23 heavy (non-hydrogen) atoms. The lowest BCUT2D eigenvalue weighted by Gasteiger charge is -2.32. The molecule has 0 bridgehead atoms. The molecule has 0 radical (unpaired) electrons. The highest BCUT2D eigenvalue weighted by Gasteiger charge is 2.37. The molecule has 3 rings (SSSR count). The van der Waals surface area contributed by atoms with Gasteiger partial charge in [-0.1, -0.05) is 0 Å². The first kappa shape index (κ1) is 16.1. The van der Waals surface area contributed by atoms with Crippen molar-refractivity contribution in [1.29, 1.82) is 0 Å². The average Bonchev–Trinajstić information content (AvgIpc) is 3.23. The number of hydrogen-bond acceptors (Lipinski definition) is 4.